The van der Waals surface area contributed by atoms with Gasteiger partial charge in [-0.1, -0.05) is 12.1 Å². The Morgan fingerprint density at radius 2 is 2.07 bits per heavy atom. The van der Waals surface area contributed by atoms with E-state index >= 15 is 0 Å². The van der Waals surface area contributed by atoms with Crippen LogP contribution in [0, 0.1) is 5.82 Å². The van der Waals surface area contributed by atoms with Gasteiger partial charge in [-0.15, -0.1) is 0 Å². The maximum absolute atomic E-state index is 13.0. The first-order chi connectivity index (χ1) is 13.1. The van der Waals surface area contributed by atoms with Crippen LogP contribution >= 0.6 is 0 Å². The summed E-state index contributed by atoms with van der Waals surface area (Å²) < 4.78 is 24.4. The Morgan fingerprint density at radius 3 is 2.81 bits per heavy atom. The fourth-order valence-electron chi connectivity index (χ4n) is 4.11. The summed E-state index contributed by atoms with van der Waals surface area (Å²) in [4.78, 5) is 10.4. The molecule has 2 aliphatic heterocycles. The van der Waals surface area contributed by atoms with Crippen molar-refractivity contribution >= 4 is 5.95 Å². The first kappa shape index (κ1) is 18.1. The lowest BCUT2D eigenvalue weighted by Gasteiger charge is -2.39. The van der Waals surface area contributed by atoms with E-state index in [0.717, 1.165) is 44.6 Å². The predicted octanol–water partition coefficient (Wildman–Crippen LogP) is 2.86. The maximum Gasteiger partial charge on any atom is 0.223 e. The van der Waals surface area contributed by atoms with Gasteiger partial charge in [0.15, 0.2) is 5.82 Å². The van der Waals surface area contributed by atoms with Crippen molar-refractivity contribution in [3.05, 3.63) is 48.0 Å². The molecule has 0 saturated carbocycles. The molecule has 1 spiro atoms. The summed E-state index contributed by atoms with van der Waals surface area (Å²) in [6.07, 6.45) is 5.45. The first-order valence-corrected chi connectivity index (χ1v) is 9.37. The van der Waals surface area contributed by atoms with Gasteiger partial charge in [-0.2, -0.15) is 0 Å². The Balaban J connectivity index is 1.35. The second kappa shape index (κ2) is 7.78. The summed E-state index contributed by atoms with van der Waals surface area (Å²) in [5.41, 5.74) is 1.16. The van der Waals surface area contributed by atoms with Crippen LogP contribution in [-0.4, -0.2) is 53.3 Å². The van der Waals surface area contributed by atoms with Gasteiger partial charge in [0, 0.05) is 19.5 Å². The van der Waals surface area contributed by atoms with Gasteiger partial charge in [0.05, 0.1) is 37.8 Å². The number of anilines is 1. The molecule has 2 saturated heterocycles. The number of hydrogen-bond acceptors (Lipinski definition) is 6. The lowest BCUT2D eigenvalue weighted by Crippen LogP contribution is -2.47. The number of benzene rings is 1. The minimum absolute atomic E-state index is 0.123. The Bertz CT molecular complexity index is 756. The molecule has 0 amide bonds. The quantitative estimate of drug-likeness (QED) is 0.871. The SMILES string of the molecule is COc1ccc(CN2CCCC3(CC(Nc4ncc(F)cn4)CO3)C2)cc1. The number of halogens is 1. The van der Waals surface area contributed by atoms with Gasteiger partial charge in [-0.3, -0.25) is 4.90 Å². The molecule has 1 aromatic carbocycles. The van der Waals surface area contributed by atoms with Crippen molar-refractivity contribution in [1.29, 1.82) is 0 Å². The molecule has 7 heteroatoms. The normalized spacial score (nSPS) is 25.6. The van der Waals surface area contributed by atoms with Gasteiger partial charge in [0.1, 0.15) is 5.75 Å². The fourth-order valence-corrected chi connectivity index (χ4v) is 4.11. The molecule has 0 aliphatic carbocycles. The van der Waals surface area contributed by atoms with Crippen molar-refractivity contribution in [3.8, 4) is 5.75 Å². The monoisotopic (exact) mass is 372 g/mol. The van der Waals surface area contributed by atoms with E-state index in [4.69, 9.17) is 9.47 Å². The molecule has 2 aliphatic rings. The lowest BCUT2D eigenvalue weighted by molar-refractivity contribution is -0.0533. The van der Waals surface area contributed by atoms with Crippen LogP contribution in [0.5, 0.6) is 5.75 Å². The molecule has 2 unspecified atom stereocenters. The zero-order chi connectivity index (χ0) is 18.7. The number of nitrogens with zero attached hydrogens (tertiary/aromatic N) is 3. The van der Waals surface area contributed by atoms with E-state index in [1.165, 1.54) is 18.0 Å². The van der Waals surface area contributed by atoms with Crippen LogP contribution in [0.2, 0.25) is 0 Å². The zero-order valence-electron chi connectivity index (χ0n) is 15.5. The van der Waals surface area contributed by atoms with Crippen molar-refractivity contribution in [2.24, 2.45) is 0 Å². The summed E-state index contributed by atoms with van der Waals surface area (Å²) in [5.74, 6) is 0.902. The van der Waals surface area contributed by atoms with E-state index < -0.39 is 5.82 Å². The highest BCUT2D eigenvalue weighted by molar-refractivity contribution is 5.28. The summed E-state index contributed by atoms with van der Waals surface area (Å²) in [6, 6.07) is 8.39. The van der Waals surface area contributed by atoms with E-state index in [0.29, 0.717) is 12.6 Å². The molecule has 2 aromatic rings. The minimum Gasteiger partial charge on any atom is -0.497 e. The lowest BCUT2D eigenvalue weighted by atomic mass is 9.88. The molecule has 144 valence electrons. The van der Waals surface area contributed by atoms with Crippen LogP contribution < -0.4 is 10.1 Å². The van der Waals surface area contributed by atoms with Gasteiger partial charge < -0.3 is 14.8 Å². The summed E-state index contributed by atoms with van der Waals surface area (Å²) >= 11 is 0. The number of ether oxygens (including phenoxy) is 2. The minimum atomic E-state index is -0.429. The molecule has 1 N–H and O–H groups in total. The molecule has 0 radical (unpaired) electrons. The number of nitrogens with one attached hydrogen (secondary N) is 1. The molecule has 27 heavy (non-hydrogen) atoms. The summed E-state index contributed by atoms with van der Waals surface area (Å²) in [5, 5.41) is 3.27. The van der Waals surface area contributed by atoms with Crippen LogP contribution in [0.4, 0.5) is 10.3 Å². The van der Waals surface area contributed by atoms with E-state index in [-0.39, 0.29) is 11.6 Å². The van der Waals surface area contributed by atoms with Gasteiger partial charge in [-0.05, 0) is 37.1 Å². The third-order valence-corrected chi connectivity index (χ3v) is 5.35. The highest BCUT2D eigenvalue weighted by atomic mass is 19.1. The van der Waals surface area contributed by atoms with E-state index in [9.17, 15) is 4.39 Å². The Morgan fingerprint density at radius 1 is 1.30 bits per heavy atom. The number of aromatic nitrogens is 2. The molecule has 2 atom stereocenters. The standard InChI is InChI=1S/C20H25FN4O2/c1-26-18-5-3-15(4-6-18)12-25-8-2-7-20(14-25)9-17(13-27-20)24-19-22-10-16(21)11-23-19/h3-6,10-11,17H,2,7-9,12-14H2,1H3,(H,22,23,24). The molecule has 2 fully saturated rings. The first-order valence-electron chi connectivity index (χ1n) is 9.37. The predicted molar refractivity (Wildman–Crippen MR) is 100 cm³/mol. The zero-order valence-corrected chi connectivity index (χ0v) is 15.5. The molecular formula is C20H25FN4O2. The van der Waals surface area contributed by atoms with Crippen LogP contribution in [0.25, 0.3) is 0 Å². The summed E-state index contributed by atoms with van der Waals surface area (Å²) in [7, 11) is 1.68. The Hall–Kier alpha value is -2.25. The Labute approximate surface area is 158 Å². The van der Waals surface area contributed by atoms with E-state index in [2.05, 4.69) is 32.3 Å². The molecule has 1 aromatic heterocycles. The van der Waals surface area contributed by atoms with Gasteiger partial charge in [0.25, 0.3) is 0 Å². The highest BCUT2D eigenvalue weighted by Gasteiger charge is 2.43. The van der Waals surface area contributed by atoms with Crippen LogP contribution in [0.1, 0.15) is 24.8 Å². The van der Waals surface area contributed by atoms with Crippen molar-refractivity contribution in [1.82, 2.24) is 14.9 Å². The average Bonchev–Trinajstić information content (AvgIpc) is 3.06. The molecular weight excluding hydrogens is 347 g/mol. The number of rotatable bonds is 5. The van der Waals surface area contributed by atoms with E-state index in [1.54, 1.807) is 7.11 Å². The fraction of sp³-hybridized carbons (Fsp3) is 0.500. The van der Waals surface area contributed by atoms with Crippen LogP contribution in [0.15, 0.2) is 36.7 Å². The van der Waals surface area contributed by atoms with Gasteiger partial charge in [0.2, 0.25) is 5.95 Å². The largest absolute Gasteiger partial charge is 0.497 e. The van der Waals surface area contributed by atoms with Gasteiger partial charge >= 0.3 is 0 Å². The van der Waals surface area contributed by atoms with Crippen molar-refractivity contribution in [2.75, 3.05) is 32.1 Å². The summed E-state index contributed by atoms with van der Waals surface area (Å²) in [6.45, 7) is 3.53. The van der Waals surface area contributed by atoms with E-state index in [1.807, 2.05) is 12.1 Å². The molecule has 6 nitrogen and oxygen atoms in total. The molecule has 0 bridgehead atoms. The van der Waals surface area contributed by atoms with Crippen LogP contribution in [0.3, 0.4) is 0 Å². The van der Waals surface area contributed by atoms with Crippen molar-refractivity contribution < 1.29 is 13.9 Å². The molecule has 4 rings (SSSR count). The Kier molecular flexibility index (Phi) is 5.22. The topological polar surface area (TPSA) is 59.5 Å². The second-order valence-electron chi connectivity index (χ2n) is 7.43. The third-order valence-electron chi connectivity index (χ3n) is 5.35. The highest BCUT2D eigenvalue weighted by Crippen LogP contribution is 2.36. The van der Waals surface area contributed by atoms with Crippen molar-refractivity contribution in [2.45, 2.75) is 37.5 Å². The number of piperidine rings is 1. The second-order valence-corrected chi connectivity index (χ2v) is 7.43. The average molecular weight is 372 g/mol. The molecule has 3 heterocycles. The van der Waals surface area contributed by atoms with Gasteiger partial charge in [-0.25, -0.2) is 14.4 Å². The number of methoxy groups -OCH3 is 1. The third kappa shape index (κ3) is 4.36. The number of hydrogen-bond donors (Lipinski definition) is 1. The smallest absolute Gasteiger partial charge is 0.223 e. The maximum atomic E-state index is 13.0. The van der Waals surface area contributed by atoms with Crippen molar-refractivity contribution in [3.63, 3.8) is 0 Å². The number of likely N-dealkylation sites (tertiary alicyclic amines) is 1. The van der Waals surface area contributed by atoms with Crippen LogP contribution in [-0.2, 0) is 11.3 Å².